The molecule has 0 saturated carbocycles. The number of hydrogen-bond donors (Lipinski definition) is 0. The van der Waals surface area contributed by atoms with E-state index in [1.807, 2.05) is 30.3 Å². The zero-order chi connectivity index (χ0) is 18.8. The first-order valence-corrected chi connectivity index (χ1v) is 9.66. The number of nitrogens with zero attached hydrogens (tertiary/aromatic N) is 3. The molecule has 4 rings (SSSR count). The van der Waals surface area contributed by atoms with Crippen molar-refractivity contribution in [3.05, 3.63) is 70.9 Å². The molecule has 3 heterocycles. The lowest BCUT2D eigenvalue weighted by Crippen LogP contribution is -2.30. The number of hydrogen-bond acceptors (Lipinski definition) is 6. The Hall–Kier alpha value is -2.71. The minimum absolute atomic E-state index is 0.233. The van der Waals surface area contributed by atoms with Crippen LogP contribution in [0.25, 0.3) is 10.2 Å². The summed E-state index contributed by atoms with van der Waals surface area (Å²) in [6.07, 6.45) is 3.42. The number of pyridine rings is 1. The number of amides is 1. The van der Waals surface area contributed by atoms with Gasteiger partial charge in [0.05, 0.1) is 18.4 Å². The summed E-state index contributed by atoms with van der Waals surface area (Å²) in [5.74, 6) is 0.629. The molecule has 0 aliphatic carbocycles. The molecule has 0 atom stereocenters. The zero-order valence-electron chi connectivity index (χ0n) is 14.3. The standard InChI is InChI=1S/C19H14BrN3O3S/c1-25-13-5-2-6-15-17(13)22-19(27-15)23(11-12-4-3-9-21-10-12)18(24)14-7-8-16(20)26-14/h2-10H,11H2,1H3. The predicted octanol–water partition coefficient (Wildman–Crippen LogP) is 4.90. The molecule has 3 aromatic heterocycles. The van der Waals surface area contributed by atoms with E-state index in [1.54, 1.807) is 36.5 Å². The van der Waals surface area contributed by atoms with Crippen molar-refractivity contribution in [3.63, 3.8) is 0 Å². The molecular weight excluding hydrogens is 430 g/mol. The predicted molar refractivity (Wildman–Crippen MR) is 107 cm³/mol. The van der Waals surface area contributed by atoms with Gasteiger partial charge in [-0.25, -0.2) is 4.98 Å². The van der Waals surface area contributed by atoms with Crippen molar-refractivity contribution in [1.82, 2.24) is 9.97 Å². The third-order valence-corrected chi connectivity index (χ3v) is 5.38. The number of methoxy groups -OCH3 is 1. The van der Waals surface area contributed by atoms with Gasteiger partial charge in [-0.05, 0) is 51.8 Å². The van der Waals surface area contributed by atoms with Gasteiger partial charge in [0, 0.05) is 12.4 Å². The molecule has 0 aliphatic rings. The molecule has 136 valence electrons. The fourth-order valence-corrected chi connectivity index (χ4v) is 3.94. The summed E-state index contributed by atoms with van der Waals surface area (Å²) >= 11 is 4.67. The van der Waals surface area contributed by atoms with E-state index in [-0.39, 0.29) is 11.7 Å². The largest absolute Gasteiger partial charge is 0.494 e. The molecule has 0 saturated heterocycles. The summed E-state index contributed by atoms with van der Waals surface area (Å²) in [6.45, 7) is 0.327. The molecule has 0 N–H and O–H groups in total. The van der Waals surface area contributed by atoms with E-state index in [4.69, 9.17) is 9.15 Å². The number of aromatic nitrogens is 2. The molecule has 6 nitrogen and oxygen atoms in total. The fourth-order valence-electron chi connectivity index (χ4n) is 2.65. The molecule has 0 fully saturated rings. The van der Waals surface area contributed by atoms with E-state index in [1.165, 1.54) is 11.3 Å². The topological polar surface area (TPSA) is 68.5 Å². The summed E-state index contributed by atoms with van der Waals surface area (Å²) in [5.41, 5.74) is 1.62. The molecule has 8 heteroatoms. The highest BCUT2D eigenvalue weighted by Crippen LogP contribution is 2.35. The highest BCUT2D eigenvalue weighted by Gasteiger charge is 2.25. The first kappa shape index (κ1) is 17.7. The van der Waals surface area contributed by atoms with Crippen molar-refractivity contribution in [3.8, 4) is 5.75 Å². The van der Waals surface area contributed by atoms with Gasteiger partial charge in [-0.1, -0.05) is 23.5 Å². The number of carbonyl (C=O) groups excluding carboxylic acids is 1. The lowest BCUT2D eigenvalue weighted by atomic mass is 10.2. The molecule has 0 unspecified atom stereocenters. The quantitative estimate of drug-likeness (QED) is 0.438. The van der Waals surface area contributed by atoms with Crippen molar-refractivity contribution in [1.29, 1.82) is 0 Å². The Kier molecular flexibility index (Phi) is 4.91. The van der Waals surface area contributed by atoms with Crippen molar-refractivity contribution >= 4 is 48.5 Å². The molecule has 0 spiro atoms. The number of carbonyl (C=O) groups is 1. The van der Waals surface area contributed by atoms with Crippen LogP contribution in [0.15, 0.2) is 63.9 Å². The van der Waals surface area contributed by atoms with Crippen LogP contribution in [0.2, 0.25) is 0 Å². The summed E-state index contributed by atoms with van der Waals surface area (Å²) in [4.78, 5) is 23.5. The number of rotatable bonds is 5. The number of anilines is 1. The molecule has 0 aliphatic heterocycles. The van der Waals surface area contributed by atoms with Gasteiger partial charge in [-0.2, -0.15) is 0 Å². The van der Waals surface area contributed by atoms with E-state index < -0.39 is 0 Å². The Morgan fingerprint density at radius 1 is 1.26 bits per heavy atom. The number of para-hydroxylation sites is 1. The zero-order valence-corrected chi connectivity index (χ0v) is 16.7. The normalized spacial score (nSPS) is 10.9. The average molecular weight is 444 g/mol. The minimum Gasteiger partial charge on any atom is -0.494 e. The van der Waals surface area contributed by atoms with Crippen molar-refractivity contribution in [2.75, 3.05) is 12.0 Å². The Balaban J connectivity index is 1.78. The Morgan fingerprint density at radius 3 is 2.85 bits per heavy atom. The third kappa shape index (κ3) is 3.58. The van der Waals surface area contributed by atoms with Gasteiger partial charge < -0.3 is 9.15 Å². The lowest BCUT2D eigenvalue weighted by molar-refractivity contribution is 0.0957. The number of ether oxygens (including phenoxy) is 1. The van der Waals surface area contributed by atoms with Crippen LogP contribution in [0.4, 0.5) is 5.13 Å². The van der Waals surface area contributed by atoms with Gasteiger partial charge in [0.1, 0.15) is 11.3 Å². The Morgan fingerprint density at radius 2 is 2.15 bits per heavy atom. The van der Waals surface area contributed by atoms with Crippen molar-refractivity contribution in [2.45, 2.75) is 6.54 Å². The third-order valence-electron chi connectivity index (χ3n) is 3.91. The molecule has 1 amide bonds. The summed E-state index contributed by atoms with van der Waals surface area (Å²) < 4.78 is 12.3. The van der Waals surface area contributed by atoms with E-state index in [0.29, 0.717) is 22.1 Å². The average Bonchev–Trinajstić information content (AvgIpc) is 3.32. The van der Waals surface area contributed by atoms with Gasteiger partial charge in [-0.15, -0.1) is 0 Å². The van der Waals surface area contributed by atoms with Gasteiger partial charge in [0.25, 0.3) is 5.91 Å². The van der Waals surface area contributed by atoms with Crippen molar-refractivity contribution < 1.29 is 13.9 Å². The highest BCUT2D eigenvalue weighted by molar-refractivity contribution is 9.10. The number of fused-ring (bicyclic) bond motifs is 1. The van der Waals surface area contributed by atoms with Gasteiger partial charge in [0.15, 0.2) is 15.6 Å². The van der Waals surface area contributed by atoms with Crippen LogP contribution in [-0.2, 0) is 6.54 Å². The van der Waals surface area contributed by atoms with E-state index >= 15 is 0 Å². The first-order valence-electron chi connectivity index (χ1n) is 8.05. The van der Waals surface area contributed by atoms with Crippen LogP contribution in [0.5, 0.6) is 5.75 Å². The second kappa shape index (κ2) is 7.50. The molecule has 0 radical (unpaired) electrons. The van der Waals surface area contributed by atoms with Crippen LogP contribution >= 0.6 is 27.3 Å². The summed E-state index contributed by atoms with van der Waals surface area (Å²) in [6, 6.07) is 12.8. The van der Waals surface area contributed by atoms with Gasteiger partial charge in [-0.3, -0.25) is 14.7 Å². The van der Waals surface area contributed by atoms with E-state index in [9.17, 15) is 4.79 Å². The molecule has 4 aromatic rings. The van der Waals surface area contributed by atoms with Crippen LogP contribution < -0.4 is 9.64 Å². The SMILES string of the molecule is COc1cccc2sc(N(Cc3cccnc3)C(=O)c3ccc(Br)o3)nc12. The first-order chi connectivity index (χ1) is 13.2. The lowest BCUT2D eigenvalue weighted by Gasteiger charge is -2.18. The molecule has 0 bridgehead atoms. The summed E-state index contributed by atoms with van der Waals surface area (Å²) in [7, 11) is 1.60. The smallest absolute Gasteiger partial charge is 0.296 e. The maximum absolute atomic E-state index is 13.1. The van der Waals surface area contributed by atoms with Crippen LogP contribution in [0.1, 0.15) is 16.1 Å². The molecule has 27 heavy (non-hydrogen) atoms. The fraction of sp³-hybridized carbons (Fsp3) is 0.105. The number of thiazole rings is 1. The maximum Gasteiger partial charge on any atom is 0.296 e. The second-order valence-electron chi connectivity index (χ2n) is 5.66. The monoisotopic (exact) mass is 443 g/mol. The molecule has 1 aromatic carbocycles. The maximum atomic E-state index is 13.1. The van der Waals surface area contributed by atoms with E-state index in [0.717, 1.165) is 15.8 Å². The van der Waals surface area contributed by atoms with Gasteiger partial charge in [0.2, 0.25) is 0 Å². The number of halogens is 1. The minimum atomic E-state index is -0.275. The Bertz CT molecular complexity index is 1090. The number of furan rings is 1. The van der Waals surface area contributed by atoms with Crippen molar-refractivity contribution in [2.24, 2.45) is 0 Å². The van der Waals surface area contributed by atoms with E-state index in [2.05, 4.69) is 25.9 Å². The van der Waals surface area contributed by atoms with Crippen LogP contribution in [0.3, 0.4) is 0 Å². The second-order valence-corrected chi connectivity index (χ2v) is 7.45. The summed E-state index contributed by atoms with van der Waals surface area (Å²) in [5, 5.41) is 0.566. The van der Waals surface area contributed by atoms with Crippen LogP contribution in [-0.4, -0.2) is 23.0 Å². The van der Waals surface area contributed by atoms with Crippen LogP contribution in [0, 0.1) is 0 Å². The molecular formula is C19H14BrN3O3S. The highest BCUT2D eigenvalue weighted by atomic mass is 79.9. The number of benzene rings is 1. The Labute approximate surface area is 167 Å². The van der Waals surface area contributed by atoms with Gasteiger partial charge >= 0.3 is 0 Å².